The molecule has 11 heteroatoms. The highest BCUT2D eigenvalue weighted by atomic mass is 19.1. The van der Waals surface area contributed by atoms with Crippen LogP contribution in [0, 0.1) is 11.6 Å². The monoisotopic (exact) mass is 554 g/mol. The molecule has 3 aliphatic heterocycles. The second-order valence-corrected chi connectivity index (χ2v) is 10.5. The number of aliphatic carboxylic acids is 2. The lowest BCUT2D eigenvalue weighted by Gasteiger charge is -2.46. The van der Waals surface area contributed by atoms with Crippen molar-refractivity contribution in [1.82, 2.24) is 14.7 Å². The maximum absolute atomic E-state index is 14.6. The number of amides is 1. The SMILES string of the molecule is CC(=O)N1CCN(CCN2CCC3C(c4cc(F)ccc4N3c3ccc(F)cc3)C2/C(=C/C(=O)O)C(=O)O)CC1. The van der Waals surface area contributed by atoms with E-state index in [9.17, 15) is 33.4 Å². The number of carboxylic acid groups (broad SMARTS) is 2. The van der Waals surface area contributed by atoms with Crippen molar-refractivity contribution in [1.29, 1.82) is 0 Å². The van der Waals surface area contributed by atoms with Gasteiger partial charge in [-0.3, -0.25) is 14.6 Å². The second kappa shape index (κ2) is 11.3. The van der Waals surface area contributed by atoms with Crippen molar-refractivity contribution in [3.63, 3.8) is 0 Å². The van der Waals surface area contributed by atoms with Gasteiger partial charge in [0.1, 0.15) is 11.6 Å². The summed E-state index contributed by atoms with van der Waals surface area (Å²) in [5.41, 5.74) is 1.71. The first kappa shape index (κ1) is 27.7. The lowest BCUT2D eigenvalue weighted by atomic mass is 9.78. The van der Waals surface area contributed by atoms with Crippen LogP contribution in [0.1, 0.15) is 24.8 Å². The van der Waals surface area contributed by atoms with Gasteiger partial charge in [0.05, 0.1) is 11.6 Å². The summed E-state index contributed by atoms with van der Waals surface area (Å²) >= 11 is 0. The van der Waals surface area contributed by atoms with Crippen molar-refractivity contribution in [3.8, 4) is 0 Å². The average Bonchev–Trinajstić information content (AvgIpc) is 3.24. The van der Waals surface area contributed by atoms with Crippen LogP contribution >= 0.6 is 0 Å². The van der Waals surface area contributed by atoms with E-state index in [1.165, 1.54) is 24.3 Å². The predicted octanol–water partition coefficient (Wildman–Crippen LogP) is 2.90. The zero-order chi connectivity index (χ0) is 28.6. The quantitative estimate of drug-likeness (QED) is 0.504. The maximum Gasteiger partial charge on any atom is 0.333 e. The Labute approximate surface area is 230 Å². The van der Waals surface area contributed by atoms with Gasteiger partial charge in [0.15, 0.2) is 0 Å². The molecule has 40 heavy (non-hydrogen) atoms. The van der Waals surface area contributed by atoms with E-state index in [4.69, 9.17) is 0 Å². The van der Waals surface area contributed by atoms with Crippen LogP contribution in [0.2, 0.25) is 0 Å². The fourth-order valence-corrected chi connectivity index (χ4v) is 6.45. The van der Waals surface area contributed by atoms with Gasteiger partial charge in [-0.25, -0.2) is 18.4 Å². The number of piperidine rings is 1. The third-order valence-corrected chi connectivity index (χ3v) is 8.27. The summed E-state index contributed by atoms with van der Waals surface area (Å²) in [5.74, 6) is -4.09. The molecule has 2 saturated heterocycles. The summed E-state index contributed by atoms with van der Waals surface area (Å²) in [4.78, 5) is 43.9. The Morgan fingerprint density at radius 2 is 1.60 bits per heavy atom. The van der Waals surface area contributed by atoms with Crippen molar-refractivity contribution in [2.24, 2.45) is 0 Å². The van der Waals surface area contributed by atoms with E-state index in [1.807, 2.05) is 9.80 Å². The molecule has 212 valence electrons. The number of halogens is 2. The number of carbonyl (C=O) groups is 3. The molecule has 9 nitrogen and oxygen atoms in total. The van der Waals surface area contributed by atoms with Gasteiger partial charge in [0.2, 0.25) is 5.91 Å². The van der Waals surface area contributed by atoms with Gasteiger partial charge >= 0.3 is 11.9 Å². The van der Waals surface area contributed by atoms with E-state index in [-0.39, 0.29) is 17.5 Å². The van der Waals surface area contributed by atoms with Crippen molar-refractivity contribution in [3.05, 3.63) is 71.3 Å². The first-order valence-corrected chi connectivity index (χ1v) is 13.4. The summed E-state index contributed by atoms with van der Waals surface area (Å²) in [6.07, 6.45) is 1.35. The summed E-state index contributed by atoms with van der Waals surface area (Å²) in [7, 11) is 0. The number of likely N-dealkylation sites (tertiary alicyclic amines) is 1. The number of carbonyl (C=O) groups excluding carboxylic acids is 1. The number of rotatable bonds is 7. The highest BCUT2D eigenvalue weighted by molar-refractivity contribution is 5.96. The standard InChI is InChI=1S/C29H32F2N4O5/c1-18(36)33-13-10-32(11-14-33)12-15-34-9-8-25-27(28(34)23(29(39)40)17-26(37)38)22-16-20(31)4-7-24(22)35(25)21-5-2-19(30)3-6-21/h2-7,16-17,25,27-28H,8-15H2,1H3,(H,37,38)(H,39,40)/b23-17-. The van der Waals surface area contributed by atoms with Crippen LogP contribution in [-0.2, 0) is 14.4 Å². The summed E-state index contributed by atoms with van der Waals surface area (Å²) in [6.45, 7) is 5.71. The molecule has 5 rings (SSSR count). The molecule has 2 aromatic carbocycles. The number of anilines is 2. The Bertz CT molecular complexity index is 1330. The molecule has 3 aliphatic rings. The topological polar surface area (TPSA) is 105 Å². The first-order valence-electron chi connectivity index (χ1n) is 13.4. The van der Waals surface area contributed by atoms with Crippen LogP contribution in [-0.4, -0.2) is 101 Å². The Morgan fingerprint density at radius 1 is 0.925 bits per heavy atom. The van der Waals surface area contributed by atoms with Crippen LogP contribution in [0.5, 0.6) is 0 Å². The molecule has 0 aliphatic carbocycles. The minimum Gasteiger partial charge on any atom is -0.478 e. The molecule has 2 fully saturated rings. The minimum atomic E-state index is -1.37. The van der Waals surface area contributed by atoms with E-state index in [0.717, 1.165) is 6.08 Å². The Balaban J connectivity index is 1.51. The number of benzene rings is 2. The Kier molecular flexibility index (Phi) is 7.86. The zero-order valence-electron chi connectivity index (χ0n) is 22.2. The fourth-order valence-electron chi connectivity index (χ4n) is 6.45. The molecule has 3 atom stereocenters. The highest BCUT2D eigenvalue weighted by Gasteiger charge is 2.50. The third kappa shape index (κ3) is 5.44. The van der Waals surface area contributed by atoms with Gasteiger partial charge in [-0.05, 0) is 54.4 Å². The summed E-state index contributed by atoms with van der Waals surface area (Å²) in [6, 6.07) is 9.21. The van der Waals surface area contributed by atoms with Gasteiger partial charge in [-0.2, -0.15) is 0 Å². The lowest BCUT2D eigenvalue weighted by Crippen LogP contribution is -2.56. The third-order valence-electron chi connectivity index (χ3n) is 8.27. The molecular weight excluding hydrogens is 522 g/mol. The number of piperazine rings is 1. The van der Waals surface area contributed by atoms with E-state index >= 15 is 0 Å². The predicted molar refractivity (Wildman–Crippen MR) is 143 cm³/mol. The van der Waals surface area contributed by atoms with Crippen molar-refractivity contribution < 1.29 is 33.4 Å². The van der Waals surface area contributed by atoms with E-state index in [2.05, 4.69) is 4.90 Å². The number of hydrogen-bond donors (Lipinski definition) is 2. The Hall–Kier alpha value is -3.83. The van der Waals surface area contributed by atoms with Crippen LogP contribution < -0.4 is 4.90 Å². The number of nitrogens with zero attached hydrogens (tertiary/aromatic N) is 4. The lowest BCUT2D eigenvalue weighted by molar-refractivity contribution is -0.136. The maximum atomic E-state index is 14.6. The van der Waals surface area contributed by atoms with E-state index in [0.29, 0.717) is 69.2 Å². The first-order chi connectivity index (χ1) is 19.1. The van der Waals surface area contributed by atoms with Gasteiger partial charge in [0.25, 0.3) is 0 Å². The zero-order valence-corrected chi connectivity index (χ0v) is 22.2. The van der Waals surface area contributed by atoms with Gasteiger partial charge in [0, 0.05) is 82.1 Å². The normalized spacial score (nSPS) is 23.6. The van der Waals surface area contributed by atoms with Crippen LogP contribution in [0.25, 0.3) is 0 Å². The Morgan fingerprint density at radius 3 is 2.23 bits per heavy atom. The summed E-state index contributed by atoms with van der Waals surface area (Å²) < 4.78 is 28.4. The van der Waals surface area contributed by atoms with E-state index in [1.54, 1.807) is 30.0 Å². The molecule has 0 radical (unpaired) electrons. The van der Waals surface area contributed by atoms with Crippen molar-refractivity contribution in [2.75, 3.05) is 50.7 Å². The molecule has 0 bridgehead atoms. The summed E-state index contributed by atoms with van der Waals surface area (Å²) in [5, 5.41) is 19.8. The van der Waals surface area contributed by atoms with Crippen molar-refractivity contribution in [2.45, 2.75) is 31.3 Å². The van der Waals surface area contributed by atoms with Gasteiger partial charge < -0.3 is 20.0 Å². The molecule has 0 aromatic heterocycles. The largest absolute Gasteiger partial charge is 0.478 e. The molecule has 1 amide bonds. The number of fused-ring (bicyclic) bond motifs is 3. The fraction of sp³-hybridized carbons (Fsp3) is 0.414. The molecule has 2 aromatic rings. The van der Waals surface area contributed by atoms with Crippen LogP contribution in [0.4, 0.5) is 20.2 Å². The number of hydrogen-bond acceptors (Lipinski definition) is 6. The van der Waals surface area contributed by atoms with Crippen molar-refractivity contribution >= 4 is 29.2 Å². The average molecular weight is 555 g/mol. The minimum absolute atomic E-state index is 0.0320. The van der Waals surface area contributed by atoms with Crippen LogP contribution in [0.15, 0.2) is 54.1 Å². The van der Waals surface area contributed by atoms with Gasteiger partial charge in [-0.15, -0.1) is 0 Å². The molecule has 2 N–H and O–H groups in total. The molecular formula is C29H32F2N4O5. The molecule has 3 heterocycles. The van der Waals surface area contributed by atoms with Crippen LogP contribution in [0.3, 0.4) is 0 Å². The molecule has 0 spiro atoms. The second-order valence-electron chi connectivity index (χ2n) is 10.5. The van der Waals surface area contributed by atoms with E-state index < -0.39 is 35.5 Å². The number of carboxylic acids is 2. The highest BCUT2D eigenvalue weighted by Crippen LogP contribution is 2.52. The smallest absolute Gasteiger partial charge is 0.333 e. The molecule has 3 unspecified atom stereocenters. The van der Waals surface area contributed by atoms with Gasteiger partial charge in [-0.1, -0.05) is 0 Å². The molecule has 0 saturated carbocycles.